The average Bonchev–Trinajstić information content (AvgIpc) is 3.08. The fraction of sp³-hybridized carbons (Fsp3) is 0.500. The van der Waals surface area contributed by atoms with Gasteiger partial charge in [0, 0.05) is 34.9 Å². The summed E-state index contributed by atoms with van der Waals surface area (Å²) in [5.74, 6) is 0.710. The molecule has 2 fully saturated rings. The smallest absolute Gasteiger partial charge is 0.0967 e. The minimum absolute atomic E-state index is 0.710. The van der Waals surface area contributed by atoms with E-state index in [1.54, 1.807) is 0 Å². The highest BCUT2D eigenvalue weighted by atomic mass is 32.1. The molecule has 3 aliphatic rings. The van der Waals surface area contributed by atoms with Crippen LogP contribution in [0.3, 0.4) is 0 Å². The van der Waals surface area contributed by atoms with Crippen LogP contribution in [0.2, 0.25) is 0 Å². The molecule has 1 aromatic carbocycles. The predicted octanol–water partition coefficient (Wildman–Crippen LogP) is 4.05. The Bertz CT molecular complexity index is 691. The van der Waals surface area contributed by atoms with Crippen molar-refractivity contribution in [1.29, 1.82) is 0 Å². The van der Waals surface area contributed by atoms with Gasteiger partial charge < -0.3 is 4.90 Å². The Morgan fingerprint density at radius 3 is 2.71 bits per heavy atom. The third-order valence-electron chi connectivity index (χ3n) is 5.78. The summed E-state index contributed by atoms with van der Waals surface area (Å²) in [5, 5.41) is 1.42. The molecule has 3 heterocycles. The Labute approximate surface area is 129 Å². The summed E-state index contributed by atoms with van der Waals surface area (Å²) in [5.41, 5.74) is 4.13. The Morgan fingerprint density at radius 2 is 1.90 bits per heavy atom. The van der Waals surface area contributed by atoms with E-state index in [9.17, 15) is 0 Å². The number of nitrogens with zero attached hydrogens (tertiary/aromatic N) is 2. The summed E-state index contributed by atoms with van der Waals surface area (Å²) in [4.78, 5) is 9.19. The first-order chi connectivity index (χ1) is 10.3. The zero-order valence-corrected chi connectivity index (χ0v) is 13.2. The molecule has 2 aliphatic heterocycles. The number of rotatable bonds is 1. The van der Waals surface area contributed by atoms with Crippen molar-refractivity contribution >= 4 is 11.3 Å². The van der Waals surface area contributed by atoms with E-state index in [0.29, 0.717) is 5.92 Å². The Balaban J connectivity index is 1.49. The largest absolute Gasteiger partial charge is 0.300 e. The zero-order valence-electron chi connectivity index (χ0n) is 12.4. The van der Waals surface area contributed by atoms with Crippen LogP contribution in [-0.2, 0) is 6.42 Å². The van der Waals surface area contributed by atoms with Gasteiger partial charge in [-0.25, -0.2) is 4.98 Å². The maximum Gasteiger partial charge on any atom is 0.0967 e. The third-order valence-corrected chi connectivity index (χ3v) is 7.00. The number of fused-ring (bicyclic) bond motifs is 5. The zero-order chi connectivity index (χ0) is 14.0. The monoisotopic (exact) mass is 296 g/mol. The molecule has 2 saturated heterocycles. The van der Waals surface area contributed by atoms with Crippen LogP contribution in [0.5, 0.6) is 0 Å². The number of hydrogen-bond acceptors (Lipinski definition) is 3. The highest BCUT2D eigenvalue weighted by Crippen LogP contribution is 2.46. The highest BCUT2D eigenvalue weighted by molar-refractivity contribution is 7.12. The molecule has 0 spiro atoms. The topological polar surface area (TPSA) is 16.1 Å². The van der Waals surface area contributed by atoms with Gasteiger partial charge in [0.1, 0.15) is 0 Å². The van der Waals surface area contributed by atoms with Crippen molar-refractivity contribution in [1.82, 2.24) is 9.88 Å². The molecule has 0 amide bonds. The van der Waals surface area contributed by atoms with E-state index in [-0.39, 0.29) is 0 Å². The Hall–Kier alpha value is -1.19. The lowest BCUT2D eigenvalue weighted by Gasteiger charge is -2.35. The summed E-state index contributed by atoms with van der Waals surface area (Å²) >= 11 is 1.99. The van der Waals surface area contributed by atoms with Crippen molar-refractivity contribution in [3.8, 4) is 11.3 Å². The van der Waals surface area contributed by atoms with Gasteiger partial charge in [-0.1, -0.05) is 24.3 Å². The summed E-state index contributed by atoms with van der Waals surface area (Å²) in [6.07, 6.45) is 6.53. The molecule has 2 bridgehead atoms. The fourth-order valence-electron chi connectivity index (χ4n) is 4.57. The minimum Gasteiger partial charge on any atom is -0.300 e. The lowest BCUT2D eigenvalue weighted by molar-refractivity contribution is 0.161. The molecule has 21 heavy (non-hydrogen) atoms. The van der Waals surface area contributed by atoms with Crippen molar-refractivity contribution in [3.05, 3.63) is 39.7 Å². The predicted molar refractivity (Wildman–Crippen MR) is 86.9 cm³/mol. The highest BCUT2D eigenvalue weighted by Gasteiger charge is 2.40. The van der Waals surface area contributed by atoms with Crippen LogP contribution in [0, 0.1) is 0 Å². The molecule has 1 aliphatic carbocycles. The molecule has 1 aromatic heterocycles. The van der Waals surface area contributed by atoms with Gasteiger partial charge in [0.05, 0.1) is 10.7 Å². The van der Waals surface area contributed by atoms with Gasteiger partial charge in [0.2, 0.25) is 0 Å². The lowest BCUT2D eigenvalue weighted by Crippen LogP contribution is -2.39. The summed E-state index contributed by atoms with van der Waals surface area (Å²) < 4.78 is 0. The van der Waals surface area contributed by atoms with E-state index in [1.165, 1.54) is 52.4 Å². The van der Waals surface area contributed by atoms with E-state index in [4.69, 9.17) is 4.98 Å². The standard InChI is InChI=1S/C18H20N2S/c1-20-13-6-7-14(20)9-12(8-13)18-19-17-15-5-3-2-4-11(15)10-16(17)21-18/h2-5,12-14H,6-10H2,1H3/t12?,13-,14+. The first kappa shape index (κ1) is 12.4. The average molecular weight is 296 g/mol. The molecule has 0 N–H and O–H groups in total. The molecule has 0 saturated carbocycles. The lowest BCUT2D eigenvalue weighted by atomic mass is 9.91. The van der Waals surface area contributed by atoms with Crippen LogP contribution >= 0.6 is 11.3 Å². The van der Waals surface area contributed by atoms with Crippen molar-refractivity contribution in [2.75, 3.05) is 7.05 Å². The molecule has 2 nitrogen and oxygen atoms in total. The first-order valence-electron chi connectivity index (χ1n) is 8.09. The van der Waals surface area contributed by atoms with Crippen molar-refractivity contribution in [2.24, 2.45) is 0 Å². The van der Waals surface area contributed by atoms with Gasteiger partial charge in [0.15, 0.2) is 0 Å². The molecular weight excluding hydrogens is 276 g/mol. The van der Waals surface area contributed by atoms with E-state index in [0.717, 1.165) is 18.5 Å². The van der Waals surface area contributed by atoms with Crippen molar-refractivity contribution < 1.29 is 0 Å². The van der Waals surface area contributed by atoms with Crippen LogP contribution in [0.4, 0.5) is 0 Å². The summed E-state index contributed by atoms with van der Waals surface area (Å²) in [6, 6.07) is 10.4. The second-order valence-electron chi connectivity index (χ2n) is 6.88. The molecule has 3 heteroatoms. The van der Waals surface area contributed by atoms with Gasteiger partial charge in [-0.05, 0) is 38.3 Å². The minimum atomic E-state index is 0.710. The van der Waals surface area contributed by atoms with Crippen LogP contribution in [0.15, 0.2) is 24.3 Å². The molecule has 2 aromatic rings. The number of benzene rings is 1. The molecule has 5 rings (SSSR count). The second kappa shape index (κ2) is 4.40. The second-order valence-corrected chi connectivity index (χ2v) is 7.99. The van der Waals surface area contributed by atoms with E-state index in [1.807, 2.05) is 11.3 Å². The van der Waals surface area contributed by atoms with Crippen LogP contribution in [-0.4, -0.2) is 29.0 Å². The van der Waals surface area contributed by atoms with Gasteiger partial charge in [-0.3, -0.25) is 0 Å². The molecule has 108 valence electrons. The van der Waals surface area contributed by atoms with Gasteiger partial charge in [-0.2, -0.15) is 0 Å². The maximum absolute atomic E-state index is 5.08. The van der Waals surface area contributed by atoms with Crippen LogP contribution in [0.1, 0.15) is 47.0 Å². The molecular formula is C18H20N2S. The van der Waals surface area contributed by atoms with Gasteiger partial charge in [-0.15, -0.1) is 11.3 Å². The number of hydrogen-bond donors (Lipinski definition) is 0. The SMILES string of the molecule is CN1[C@@H]2CC[C@H]1CC(c1nc3c(s1)Cc1ccccc1-3)C2. The van der Waals surface area contributed by atoms with E-state index in [2.05, 4.69) is 36.2 Å². The first-order valence-corrected chi connectivity index (χ1v) is 8.91. The van der Waals surface area contributed by atoms with E-state index >= 15 is 0 Å². The van der Waals surface area contributed by atoms with Gasteiger partial charge >= 0.3 is 0 Å². The summed E-state index contributed by atoms with van der Waals surface area (Å²) in [7, 11) is 2.32. The Morgan fingerprint density at radius 1 is 1.14 bits per heavy atom. The quantitative estimate of drug-likeness (QED) is 0.673. The van der Waals surface area contributed by atoms with E-state index < -0.39 is 0 Å². The maximum atomic E-state index is 5.08. The van der Waals surface area contributed by atoms with Gasteiger partial charge in [0.25, 0.3) is 0 Å². The Kier molecular flexibility index (Phi) is 2.59. The van der Waals surface area contributed by atoms with Crippen LogP contribution in [0.25, 0.3) is 11.3 Å². The summed E-state index contributed by atoms with van der Waals surface area (Å²) in [6.45, 7) is 0. The number of aromatic nitrogens is 1. The molecule has 0 radical (unpaired) electrons. The fourth-order valence-corrected chi connectivity index (χ4v) is 5.79. The number of thiazole rings is 1. The van der Waals surface area contributed by atoms with Crippen LogP contribution < -0.4 is 0 Å². The normalized spacial score (nSPS) is 30.4. The van der Waals surface area contributed by atoms with Crippen molar-refractivity contribution in [2.45, 2.75) is 50.1 Å². The molecule has 3 atom stereocenters. The van der Waals surface area contributed by atoms with Crippen molar-refractivity contribution in [3.63, 3.8) is 0 Å². The molecule has 1 unspecified atom stereocenters. The number of piperidine rings is 1. The third kappa shape index (κ3) is 1.77.